The zero-order valence-corrected chi connectivity index (χ0v) is 10.4. The van der Waals surface area contributed by atoms with Crippen molar-refractivity contribution in [1.29, 1.82) is 0 Å². The molecule has 7 heteroatoms. The molecule has 1 aromatic carbocycles. The summed E-state index contributed by atoms with van der Waals surface area (Å²) in [6.45, 7) is 0. The first-order chi connectivity index (χ1) is 9.29. The highest BCUT2D eigenvalue weighted by Crippen LogP contribution is 2.18. The van der Waals surface area contributed by atoms with E-state index in [4.69, 9.17) is 5.84 Å². The molecule has 0 amide bonds. The summed E-state index contributed by atoms with van der Waals surface area (Å²) in [5, 5.41) is 4.04. The molecule has 3 aromatic rings. The Labute approximate surface area is 109 Å². The van der Waals surface area contributed by atoms with E-state index in [1.165, 1.54) is 6.33 Å². The van der Waals surface area contributed by atoms with E-state index >= 15 is 0 Å². The first-order valence-electron chi connectivity index (χ1n) is 5.81. The number of fused-ring (bicyclic) bond motifs is 1. The maximum Gasteiger partial charge on any atom is 0.151 e. The molecule has 2 aromatic heterocycles. The number of nitrogens with two attached hydrogens (primary N) is 1. The number of nitrogens with one attached hydrogen (secondary N) is 1. The fraction of sp³-hybridized carbons (Fsp3) is 0.167. The van der Waals surface area contributed by atoms with Crippen LogP contribution >= 0.6 is 0 Å². The average Bonchev–Trinajstić information content (AvgIpc) is 2.86. The summed E-state index contributed by atoms with van der Waals surface area (Å²) in [6, 6.07) is 7.34. The minimum atomic E-state index is -0.343. The number of nitrogens with zero attached hydrogens (tertiary/aromatic N) is 5. The zero-order chi connectivity index (χ0) is 13.2. The molecule has 19 heavy (non-hydrogen) atoms. The summed E-state index contributed by atoms with van der Waals surface area (Å²) in [7, 11) is 1.81. The maximum atomic E-state index is 5.61. The van der Waals surface area contributed by atoms with Crippen molar-refractivity contribution in [3.8, 4) is 0 Å². The van der Waals surface area contributed by atoms with Crippen molar-refractivity contribution in [3.05, 3.63) is 48.3 Å². The third kappa shape index (κ3) is 2.05. The number of para-hydroxylation sites is 2. The first kappa shape index (κ1) is 11.7. The summed E-state index contributed by atoms with van der Waals surface area (Å²) in [5.74, 6) is 6.30. The van der Waals surface area contributed by atoms with Crippen LogP contribution in [0.15, 0.2) is 36.8 Å². The van der Waals surface area contributed by atoms with Crippen molar-refractivity contribution < 1.29 is 0 Å². The quantitative estimate of drug-likeness (QED) is 0.516. The molecular weight excluding hydrogens is 242 g/mol. The summed E-state index contributed by atoms with van der Waals surface area (Å²) < 4.78 is 1.65. The van der Waals surface area contributed by atoms with Crippen LogP contribution in [0.1, 0.15) is 17.6 Å². The van der Waals surface area contributed by atoms with Gasteiger partial charge in [-0.05, 0) is 12.1 Å². The van der Waals surface area contributed by atoms with Crippen LogP contribution in [0.25, 0.3) is 11.0 Å². The van der Waals surface area contributed by atoms with E-state index in [0.717, 1.165) is 11.0 Å². The highest BCUT2D eigenvalue weighted by Gasteiger charge is 2.19. The van der Waals surface area contributed by atoms with Crippen LogP contribution in [0, 0.1) is 0 Å². The van der Waals surface area contributed by atoms with Gasteiger partial charge in [0.1, 0.15) is 12.4 Å². The first-order valence-corrected chi connectivity index (χ1v) is 5.81. The summed E-state index contributed by atoms with van der Waals surface area (Å²) in [5.41, 5.74) is 5.08. The molecule has 0 fully saturated rings. The molecule has 0 saturated carbocycles. The standard InChI is InChI=1S/C12H13N7/c1-19-12(15-7-16-19)11(18-13)10-6-14-8-4-2-3-5-9(8)17-10/h2-7,11,18H,13H2,1H3. The van der Waals surface area contributed by atoms with Gasteiger partial charge in [-0.15, -0.1) is 0 Å². The molecule has 0 aliphatic carbocycles. The second kappa shape index (κ2) is 4.71. The molecule has 7 nitrogen and oxygen atoms in total. The van der Waals surface area contributed by atoms with Crippen molar-refractivity contribution in [2.24, 2.45) is 12.9 Å². The molecule has 96 valence electrons. The van der Waals surface area contributed by atoms with Gasteiger partial charge < -0.3 is 0 Å². The Kier molecular flexibility index (Phi) is 2.90. The molecular formula is C12H13N7. The minimum Gasteiger partial charge on any atom is -0.270 e. The van der Waals surface area contributed by atoms with Gasteiger partial charge in [0.25, 0.3) is 0 Å². The average molecular weight is 255 g/mol. The number of hydrogen-bond acceptors (Lipinski definition) is 6. The third-order valence-corrected chi connectivity index (χ3v) is 2.93. The normalized spacial score (nSPS) is 12.7. The summed E-state index contributed by atoms with van der Waals surface area (Å²) >= 11 is 0. The Hall–Kier alpha value is -2.38. The number of aryl methyl sites for hydroxylation is 1. The lowest BCUT2D eigenvalue weighted by atomic mass is 10.2. The SMILES string of the molecule is Cn1ncnc1C(NN)c1cnc2ccccc2n1. The van der Waals surface area contributed by atoms with E-state index in [0.29, 0.717) is 11.5 Å². The van der Waals surface area contributed by atoms with Gasteiger partial charge in [-0.3, -0.25) is 15.5 Å². The molecule has 0 bridgehead atoms. The molecule has 1 unspecified atom stereocenters. The highest BCUT2D eigenvalue weighted by atomic mass is 15.4. The van der Waals surface area contributed by atoms with E-state index < -0.39 is 0 Å². The lowest BCUT2D eigenvalue weighted by Crippen LogP contribution is -2.31. The van der Waals surface area contributed by atoms with E-state index in [-0.39, 0.29) is 6.04 Å². The van der Waals surface area contributed by atoms with E-state index in [2.05, 4.69) is 25.5 Å². The molecule has 0 aliphatic rings. The Balaban J connectivity index is 2.09. The van der Waals surface area contributed by atoms with Gasteiger partial charge in [-0.25, -0.2) is 15.4 Å². The summed E-state index contributed by atoms with van der Waals surface area (Å²) in [4.78, 5) is 13.1. The molecule has 0 saturated heterocycles. The van der Waals surface area contributed by atoms with Gasteiger partial charge in [-0.1, -0.05) is 12.1 Å². The fourth-order valence-electron chi connectivity index (χ4n) is 1.97. The van der Waals surface area contributed by atoms with Crippen LogP contribution in [0.4, 0.5) is 0 Å². The van der Waals surface area contributed by atoms with Gasteiger partial charge in [0.15, 0.2) is 5.82 Å². The zero-order valence-electron chi connectivity index (χ0n) is 10.4. The van der Waals surface area contributed by atoms with Crippen molar-refractivity contribution in [1.82, 2.24) is 30.2 Å². The number of aromatic nitrogens is 5. The topological polar surface area (TPSA) is 94.5 Å². The number of hydrazine groups is 1. The van der Waals surface area contributed by atoms with E-state index in [1.54, 1.807) is 17.9 Å². The summed E-state index contributed by atoms with van der Waals surface area (Å²) in [6.07, 6.45) is 3.18. The second-order valence-electron chi connectivity index (χ2n) is 4.13. The van der Waals surface area contributed by atoms with Crippen molar-refractivity contribution in [2.45, 2.75) is 6.04 Å². The fourth-order valence-corrected chi connectivity index (χ4v) is 1.97. The van der Waals surface area contributed by atoms with Gasteiger partial charge in [0, 0.05) is 7.05 Å². The van der Waals surface area contributed by atoms with Crippen LogP contribution in [0.2, 0.25) is 0 Å². The number of benzene rings is 1. The largest absolute Gasteiger partial charge is 0.270 e. The number of rotatable bonds is 3. The Morgan fingerprint density at radius 1 is 1.21 bits per heavy atom. The van der Waals surface area contributed by atoms with E-state index in [9.17, 15) is 0 Å². The van der Waals surface area contributed by atoms with Crippen LogP contribution in [-0.4, -0.2) is 24.7 Å². The second-order valence-corrected chi connectivity index (χ2v) is 4.13. The Morgan fingerprint density at radius 3 is 2.68 bits per heavy atom. The molecule has 0 spiro atoms. The van der Waals surface area contributed by atoms with Gasteiger partial charge in [-0.2, -0.15) is 5.10 Å². The monoisotopic (exact) mass is 255 g/mol. The molecule has 3 N–H and O–H groups in total. The third-order valence-electron chi connectivity index (χ3n) is 2.93. The number of hydrogen-bond donors (Lipinski definition) is 2. The van der Waals surface area contributed by atoms with Crippen LogP contribution in [0.3, 0.4) is 0 Å². The molecule has 2 heterocycles. The van der Waals surface area contributed by atoms with Gasteiger partial charge in [0.05, 0.1) is 22.9 Å². The molecule has 0 aliphatic heterocycles. The highest BCUT2D eigenvalue weighted by molar-refractivity contribution is 5.73. The van der Waals surface area contributed by atoms with E-state index in [1.807, 2.05) is 24.3 Å². The van der Waals surface area contributed by atoms with Gasteiger partial charge >= 0.3 is 0 Å². The Bertz CT molecular complexity index is 706. The van der Waals surface area contributed by atoms with Crippen LogP contribution in [-0.2, 0) is 7.05 Å². The maximum absolute atomic E-state index is 5.61. The predicted molar refractivity (Wildman–Crippen MR) is 69.7 cm³/mol. The van der Waals surface area contributed by atoms with Crippen LogP contribution in [0.5, 0.6) is 0 Å². The smallest absolute Gasteiger partial charge is 0.151 e. The molecule has 3 rings (SSSR count). The van der Waals surface area contributed by atoms with Gasteiger partial charge in [0.2, 0.25) is 0 Å². The van der Waals surface area contributed by atoms with Crippen LogP contribution < -0.4 is 11.3 Å². The molecule has 1 atom stereocenters. The predicted octanol–water partition coefficient (Wildman–Crippen LogP) is 0.311. The lowest BCUT2D eigenvalue weighted by Gasteiger charge is -2.14. The Morgan fingerprint density at radius 2 is 2.00 bits per heavy atom. The molecule has 0 radical (unpaired) electrons. The lowest BCUT2D eigenvalue weighted by molar-refractivity contribution is 0.550. The minimum absolute atomic E-state index is 0.343. The van der Waals surface area contributed by atoms with Crippen molar-refractivity contribution in [2.75, 3.05) is 0 Å². The van der Waals surface area contributed by atoms with Crippen molar-refractivity contribution >= 4 is 11.0 Å². The van der Waals surface area contributed by atoms with Crippen molar-refractivity contribution in [3.63, 3.8) is 0 Å².